The Balaban J connectivity index is 2.33. The van der Waals surface area contributed by atoms with Gasteiger partial charge in [-0.05, 0) is 30.6 Å². The van der Waals surface area contributed by atoms with Gasteiger partial charge in [-0.25, -0.2) is 18.6 Å². The number of aromatic carboxylic acids is 1. The summed E-state index contributed by atoms with van der Waals surface area (Å²) in [4.78, 5) is 40.0. The van der Waals surface area contributed by atoms with Crippen LogP contribution >= 0.6 is 0 Å². The second-order valence-electron chi connectivity index (χ2n) is 5.96. The first-order chi connectivity index (χ1) is 14.7. The summed E-state index contributed by atoms with van der Waals surface area (Å²) in [6, 6.07) is 1.70. The van der Waals surface area contributed by atoms with Crippen molar-refractivity contribution in [2.24, 2.45) is 0 Å². The van der Waals surface area contributed by atoms with Crippen molar-refractivity contribution in [3.05, 3.63) is 75.1 Å². The molecule has 1 N–H and O–H groups in total. The van der Waals surface area contributed by atoms with Crippen molar-refractivity contribution in [2.75, 3.05) is 0 Å². The molecule has 0 bridgehead atoms. The third kappa shape index (κ3) is 3.30. The molecule has 1 aliphatic rings. The van der Waals surface area contributed by atoms with Gasteiger partial charge in [0.05, 0.1) is 16.7 Å². The lowest BCUT2D eigenvalue weighted by molar-refractivity contribution is -0.138. The van der Waals surface area contributed by atoms with Gasteiger partial charge in [0.15, 0.2) is 17.3 Å². The Labute approximate surface area is 163 Å². The fourth-order valence-corrected chi connectivity index (χ4v) is 3.01. The number of fused-ring (bicyclic) bond motifs is 1. The van der Waals surface area contributed by atoms with Crippen LogP contribution in [0.25, 0.3) is 0 Å². The SMILES string of the molecule is [2H]C([2H])([2H])C1=C(Cc2ccnc(C(=O)O)c2C(F)(F)F)C(=O)c2c(F)ccc(F)c2C1=O. The fourth-order valence-electron chi connectivity index (χ4n) is 3.01. The Kier molecular flexibility index (Phi) is 3.91. The van der Waals surface area contributed by atoms with E-state index in [0.29, 0.717) is 24.4 Å². The van der Waals surface area contributed by atoms with Crippen molar-refractivity contribution < 1.29 is 45.6 Å². The summed E-state index contributed by atoms with van der Waals surface area (Å²) in [5.74, 6) is -7.88. The Morgan fingerprint density at radius 1 is 1.10 bits per heavy atom. The molecule has 0 saturated carbocycles. The molecule has 0 radical (unpaired) electrons. The van der Waals surface area contributed by atoms with E-state index < -0.39 is 87.7 Å². The molecule has 0 atom stereocenters. The number of hydrogen-bond acceptors (Lipinski definition) is 4. The van der Waals surface area contributed by atoms with Crippen molar-refractivity contribution >= 4 is 17.5 Å². The summed E-state index contributed by atoms with van der Waals surface area (Å²) in [6.45, 7) is -3.38. The molecule has 2 aromatic rings. The lowest BCUT2D eigenvalue weighted by Gasteiger charge is -2.21. The second-order valence-corrected chi connectivity index (χ2v) is 5.96. The molecular weight excluding hydrogens is 401 g/mol. The number of carbonyl (C=O) groups is 3. The molecule has 0 aliphatic heterocycles. The van der Waals surface area contributed by atoms with Crippen molar-refractivity contribution in [1.82, 2.24) is 4.98 Å². The number of hydrogen-bond donors (Lipinski definition) is 1. The van der Waals surface area contributed by atoms with E-state index in [0.717, 1.165) is 0 Å². The van der Waals surface area contributed by atoms with Crippen LogP contribution in [0.3, 0.4) is 0 Å². The van der Waals surface area contributed by atoms with Crippen LogP contribution in [0.4, 0.5) is 22.0 Å². The maximum atomic E-state index is 14.3. The van der Waals surface area contributed by atoms with Crippen LogP contribution in [0.2, 0.25) is 0 Å². The van der Waals surface area contributed by atoms with Crippen LogP contribution in [0.1, 0.15) is 53.3 Å². The summed E-state index contributed by atoms with van der Waals surface area (Å²) >= 11 is 0. The largest absolute Gasteiger partial charge is 0.476 e. The number of allylic oxidation sites excluding steroid dienone is 2. The maximum Gasteiger partial charge on any atom is 0.419 e. The Morgan fingerprint density at radius 3 is 2.21 bits per heavy atom. The summed E-state index contributed by atoms with van der Waals surface area (Å²) in [6.07, 6.45) is -5.78. The molecule has 29 heavy (non-hydrogen) atoms. The van der Waals surface area contributed by atoms with Crippen LogP contribution < -0.4 is 0 Å². The quantitative estimate of drug-likeness (QED) is 0.768. The molecule has 0 saturated heterocycles. The van der Waals surface area contributed by atoms with Crippen LogP contribution in [0.5, 0.6) is 0 Å². The minimum atomic E-state index is -5.28. The highest BCUT2D eigenvalue weighted by atomic mass is 19.4. The van der Waals surface area contributed by atoms with Crippen molar-refractivity contribution in [1.29, 1.82) is 0 Å². The molecule has 10 heteroatoms. The van der Waals surface area contributed by atoms with Gasteiger partial charge in [-0.3, -0.25) is 9.59 Å². The number of aromatic nitrogens is 1. The smallest absolute Gasteiger partial charge is 0.419 e. The molecule has 0 fully saturated rings. The van der Waals surface area contributed by atoms with Gasteiger partial charge in [-0.2, -0.15) is 13.2 Å². The van der Waals surface area contributed by atoms with E-state index in [2.05, 4.69) is 4.98 Å². The third-order valence-corrected chi connectivity index (χ3v) is 4.25. The number of benzene rings is 1. The standard InChI is InChI=1S/C19H10F5NO4/c1-7-9(17(27)13-11(21)3-2-10(20)12(13)16(7)26)6-8-4-5-25-15(18(28)29)14(8)19(22,23)24/h2-5H,6H2,1H3,(H,28,29)/i1D3. The van der Waals surface area contributed by atoms with Gasteiger partial charge in [0.1, 0.15) is 11.6 Å². The van der Waals surface area contributed by atoms with E-state index in [1.165, 1.54) is 0 Å². The summed E-state index contributed by atoms with van der Waals surface area (Å²) in [5, 5.41) is 9.05. The Bertz CT molecular complexity index is 1220. The normalized spacial score (nSPS) is 16.2. The van der Waals surface area contributed by atoms with Gasteiger partial charge < -0.3 is 5.11 Å². The monoisotopic (exact) mass is 414 g/mol. The van der Waals surface area contributed by atoms with Gasteiger partial charge in [0, 0.05) is 27.9 Å². The highest BCUT2D eigenvalue weighted by Gasteiger charge is 2.41. The Hall–Kier alpha value is -3.43. The predicted octanol–water partition coefficient (Wildman–Crippen LogP) is 4.02. The first-order valence-electron chi connectivity index (χ1n) is 9.25. The van der Waals surface area contributed by atoms with Crippen molar-refractivity contribution in [3.63, 3.8) is 0 Å². The lowest BCUT2D eigenvalue weighted by atomic mass is 9.81. The second kappa shape index (κ2) is 6.87. The number of nitrogens with zero attached hydrogens (tertiary/aromatic N) is 1. The number of carbonyl (C=O) groups excluding carboxylic acids is 2. The summed E-state index contributed by atoms with van der Waals surface area (Å²) in [5.41, 5.74) is -8.63. The maximum absolute atomic E-state index is 14.3. The van der Waals surface area contributed by atoms with Gasteiger partial charge in [-0.1, -0.05) is 0 Å². The van der Waals surface area contributed by atoms with Crippen LogP contribution in [-0.4, -0.2) is 27.6 Å². The van der Waals surface area contributed by atoms with Crippen LogP contribution in [-0.2, 0) is 12.6 Å². The summed E-state index contributed by atoms with van der Waals surface area (Å²) < 4.78 is 91.9. The molecule has 3 rings (SSSR count). The molecule has 1 aliphatic carbocycles. The molecule has 1 aromatic heterocycles. The third-order valence-electron chi connectivity index (χ3n) is 4.25. The molecule has 0 amide bonds. The first-order valence-corrected chi connectivity index (χ1v) is 7.75. The van der Waals surface area contributed by atoms with E-state index in [-0.39, 0.29) is 0 Å². The van der Waals surface area contributed by atoms with Gasteiger partial charge in [-0.15, -0.1) is 0 Å². The van der Waals surface area contributed by atoms with Gasteiger partial charge in [0.2, 0.25) is 0 Å². The number of carboxylic acid groups (broad SMARTS) is 1. The zero-order valence-corrected chi connectivity index (χ0v) is 14.0. The van der Waals surface area contributed by atoms with E-state index in [9.17, 15) is 36.3 Å². The number of rotatable bonds is 3. The minimum Gasteiger partial charge on any atom is -0.476 e. The molecule has 5 nitrogen and oxygen atoms in total. The van der Waals surface area contributed by atoms with Crippen molar-refractivity contribution in [2.45, 2.75) is 19.4 Å². The highest BCUT2D eigenvalue weighted by molar-refractivity contribution is 6.27. The molecule has 1 heterocycles. The fraction of sp³-hybridized carbons (Fsp3) is 0.158. The predicted molar refractivity (Wildman–Crippen MR) is 87.6 cm³/mol. The Morgan fingerprint density at radius 2 is 1.69 bits per heavy atom. The molecular formula is C19H10F5NO4. The van der Waals surface area contributed by atoms with Crippen LogP contribution in [0.15, 0.2) is 35.5 Å². The number of ketones is 2. The number of halogens is 5. The number of carboxylic acids is 1. The highest BCUT2D eigenvalue weighted by Crippen LogP contribution is 2.37. The zero-order chi connectivity index (χ0) is 24.2. The average Bonchev–Trinajstić information content (AvgIpc) is 2.65. The minimum absolute atomic E-state index is 0.505. The summed E-state index contributed by atoms with van der Waals surface area (Å²) in [7, 11) is 0. The van der Waals surface area contributed by atoms with Gasteiger partial charge in [0.25, 0.3) is 0 Å². The molecule has 0 unspecified atom stereocenters. The first kappa shape index (κ1) is 16.5. The molecule has 1 aromatic carbocycles. The molecule has 150 valence electrons. The molecule has 0 spiro atoms. The topological polar surface area (TPSA) is 84.3 Å². The zero-order valence-electron chi connectivity index (χ0n) is 17.0. The average molecular weight is 414 g/mol. The van der Waals surface area contributed by atoms with E-state index in [1.54, 1.807) is 0 Å². The van der Waals surface area contributed by atoms with E-state index in [1.807, 2.05) is 0 Å². The van der Waals surface area contributed by atoms with Crippen LogP contribution in [0, 0.1) is 11.6 Å². The number of alkyl halides is 3. The number of Topliss-reactive ketones (excluding diaryl/α,β-unsaturated/α-hetero) is 2. The van der Waals surface area contributed by atoms with E-state index >= 15 is 0 Å². The lowest BCUT2D eigenvalue weighted by Crippen LogP contribution is -2.26. The van der Waals surface area contributed by atoms with Crippen molar-refractivity contribution in [3.8, 4) is 0 Å². The van der Waals surface area contributed by atoms with E-state index in [4.69, 9.17) is 9.22 Å². The number of pyridine rings is 1. The van der Waals surface area contributed by atoms with Gasteiger partial charge >= 0.3 is 12.1 Å².